The monoisotopic (exact) mass is 240 g/mol. The second kappa shape index (κ2) is 4.91. The summed E-state index contributed by atoms with van der Waals surface area (Å²) >= 11 is 0. The molecule has 2 N–H and O–H groups in total. The van der Waals surface area contributed by atoms with E-state index < -0.39 is 0 Å². The maximum Gasteiger partial charge on any atom is 0.0425 e. The van der Waals surface area contributed by atoms with Gasteiger partial charge < -0.3 is 5.73 Å². The highest BCUT2D eigenvalue weighted by Crippen LogP contribution is 2.26. The molecule has 0 saturated heterocycles. The number of benzene rings is 1. The average molecular weight is 240 g/mol. The van der Waals surface area contributed by atoms with E-state index in [-0.39, 0.29) is 5.54 Å². The van der Waals surface area contributed by atoms with E-state index in [1.807, 2.05) is 12.3 Å². The Kier molecular flexibility index (Phi) is 3.48. The van der Waals surface area contributed by atoms with Crippen molar-refractivity contribution in [2.45, 2.75) is 32.7 Å². The smallest absolute Gasteiger partial charge is 0.0425 e. The molecule has 2 aromatic rings. The molecule has 0 radical (unpaired) electrons. The van der Waals surface area contributed by atoms with Crippen molar-refractivity contribution in [3.05, 3.63) is 65.0 Å². The third kappa shape index (κ3) is 2.77. The SMILES string of the molecule is Cc1ccc(C)c(C(C)(N)Cc2cccnc2)c1. The summed E-state index contributed by atoms with van der Waals surface area (Å²) in [6.45, 7) is 6.30. The zero-order valence-corrected chi connectivity index (χ0v) is 11.3. The van der Waals surface area contributed by atoms with Crippen molar-refractivity contribution in [1.82, 2.24) is 4.98 Å². The van der Waals surface area contributed by atoms with Crippen LogP contribution in [0.3, 0.4) is 0 Å². The van der Waals surface area contributed by atoms with Gasteiger partial charge in [-0.05, 0) is 49.9 Å². The van der Waals surface area contributed by atoms with Crippen molar-refractivity contribution in [2.24, 2.45) is 5.73 Å². The zero-order valence-electron chi connectivity index (χ0n) is 11.3. The lowest BCUT2D eigenvalue weighted by molar-refractivity contribution is 0.487. The summed E-state index contributed by atoms with van der Waals surface area (Å²) in [5.41, 5.74) is 11.0. The number of pyridine rings is 1. The van der Waals surface area contributed by atoms with E-state index in [4.69, 9.17) is 5.73 Å². The second-order valence-electron chi connectivity index (χ2n) is 5.27. The third-order valence-electron chi connectivity index (χ3n) is 3.30. The molecule has 0 aliphatic carbocycles. The van der Waals surface area contributed by atoms with Crippen LogP contribution in [0.4, 0.5) is 0 Å². The number of aromatic nitrogens is 1. The molecule has 0 aliphatic rings. The number of hydrogen-bond donors (Lipinski definition) is 1. The molecule has 1 aromatic carbocycles. The Labute approximate surface area is 109 Å². The normalized spacial score (nSPS) is 14.2. The van der Waals surface area contributed by atoms with Crippen molar-refractivity contribution >= 4 is 0 Å². The Balaban J connectivity index is 2.33. The van der Waals surface area contributed by atoms with Gasteiger partial charge in [-0.15, -0.1) is 0 Å². The van der Waals surface area contributed by atoms with E-state index in [9.17, 15) is 0 Å². The molecule has 2 heteroatoms. The van der Waals surface area contributed by atoms with Crippen molar-refractivity contribution in [1.29, 1.82) is 0 Å². The molecule has 0 spiro atoms. The molecule has 1 aromatic heterocycles. The highest BCUT2D eigenvalue weighted by Gasteiger charge is 2.23. The van der Waals surface area contributed by atoms with Gasteiger partial charge in [-0.3, -0.25) is 4.98 Å². The molecule has 0 saturated carbocycles. The summed E-state index contributed by atoms with van der Waals surface area (Å²) in [5.74, 6) is 0. The summed E-state index contributed by atoms with van der Waals surface area (Å²) < 4.78 is 0. The van der Waals surface area contributed by atoms with Gasteiger partial charge in [0.15, 0.2) is 0 Å². The maximum absolute atomic E-state index is 6.51. The average Bonchev–Trinajstić information content (AvgIpc) is 2.33. The number of hydrogen-bond acceptors (Lipinski definition) is 2. The van der Waals surface area contributed by atoms with Gasteiger partial charge in [0.2, 0.25) is 0 Å². The summed E-state index contributed by atoms with van der Waals surface area (Å²) in [4.78, 5) is 4.15. The molecule has 2 nitrogen and oxygen atoms in total. The van der Waals surface area contributed by atoms with E-state index in [1.54, 1.807) is 6.20 Å². The lowest BCUT2D eigenvalue weighted by Crippen LogP contribution is -2.36. The first-order valence-corrected chi connectivity index (χ1v) is 6.24. The Morgan fingerprint density at radius 2 is 2.00 bits per heavy atom. The fourth-order valence-corrected chi connectivity index (χ4v) is 2.37. The van der Waals surface area contributed by atoms with Crippen LogP contribution in [0.2, 0.25) is 0 Å². The van der Waals surface area contributed by atoms with Gasteiger partial charge in [0.1, 0.15) is 0 Å². The van der Waals surface area contributed by atoms with Crippen LogP contribution in [0.15, 0.2) is 42.7 Å². The van der Waals surface area contributed by atoms with E-state index in [0.29, 0.717) is 0 Å². The highest BCUT2D eigenvalue weighted by atomic mass is 14.7. The van der Waals surface area contributed by atoms with Crippen LogP contribution in [0.1, 0.15) is 29.2 Å². The van der Waals surface area contributed by atoms with Gasteiger partial charge in [-0.1, -0.05) is 29.8 Å². The second-order valence-corrected chi connectivity index (χ2v) is 5.27. The first-order valence-electron chi connectivity index (χ1n) is 6.24. The minimum atomic E-state index is -0.362. The van der Waals surface area contributed by atoms with Crippen LogP contribution in [0.5, 0.6) is 0 Å². The molecule has 2 rings (SSSR count). The van der Waals surface area contributed by atoms with Gasteiger partial charge in [0, 0.05) is 17.9 Å². The summed E-state index contributed by atoms with van der Waals surface area (Å²) in [6.07, 6.45) is 4.47. The first kappa shape index (κ1) is 12.8. The predicted molar refractivity (Wildman–Crippen MR) is 75.4 cm³/mol. The van der Waals surface area contributed by atoms with E-state index in [1.165, 1.54) is 22.3 Å². The summed E-state index contributed by atoms with van der Waals surface area (Å²) in [7, 11) is 0. The zero-order chi connectivity index (χ0) is 13.2. The van der Waals surface area contributed by atoms with Crippen LogP contribution in [0, 0.1) is 13.8 Å². The molecule has 0 amide bonds. The van der Waals surface area contributed by atoms with Crippen LogP contribution in [-0.4, -0.2) is 4.98 Å². The fraction of sp³-hybridized carbons (Fsp3) is 0.312. The van der Waals surface area contributed by atoms with Crippen molar-refractivity contribution in [3.8, 4) is 0 Å². The van der Waals surface area contributed by atoms with Crippen molar-refractivity contribution in [2.75, 3.05) is 0 Å². The lowest BCUT2D eigenvalue weighted by atomic mass is 9.84. The minimum absolute atomic E-state index is 0.362. The lowest BCUT2D eigenvalue weighted by Gasteiger charge is -2.27. The molecule has 1 atom stereocenters. The van der Waals surface area contributed by atoms with Gasteiger partial charge >= 0.3 is 0 Å². The fourth-order valence-electron chi connectivity index (χ4n) is 2.37. The van der Waals surface area contributed by atoms with E-state index >= 15 is 0 Å². The standard InChI is InChI=1S/C16H20N2/c1-12-6-7-13(2)15(9-12)16(3,17)10-14-5-4-8-18-11-14/h4-9,11H,10,17H2,1-3H3. The molecular weight excluding hydrogens is 220 g/mol. The number of rotatable bonds is 3. The Bertz CT molecular complexity index is 530. The highest BCUT2D eigenvalue weighted by molar-refractivity contribution is 5.36. The molecule has 0 bridgehead atoms. The Hall–Kier alpha value is -1.67. The van der Waals surface area contributed by atoms with Crippen LogP contribution in [-0.2, 0) is 12.0 Å². The third-order valence-corrected chi connectivity index (χ3v) is 3.30. The largest absolute Gasteiger partial charge is 0.321 e. The van der Waals surface area contributed by atoms with E-state index in [0.717, 1.165) is 6.42 Å². The molecule has 94 valence electrons. The molecule has 1 unspecified atom stereocenters. The van der Waals surface area contributed by atoms with Gasteiger partial charge in [-0.25, -0.2) is 0 Å². The maximum atomic E-state index is 6.51. The molecule has 0 fully saturated rings. The Morgan fingerprint density at radius 3 is 2.67 bits per heavy atom. The van der Waals surface area contributed by atoms with Crippen molar-refractivity contribution < 1.29 is 0 Å². The minimum Gasteiger partial charge on any atom is -0.321 e. The van der Waals surface area contributed by atoms with E-state index in [2.05, 4.69) is 50.0 Å². The predicted octanol–water partition coefficient (Wildman–Crippen LogP) is 3.12. The first-order chi connectivity index (χ1) is 8.49. The topological polar surface area (TPSA) is 38.9 Å². The van der Waals surface area contributed by atoms with Crippen LogP contribution < -0.4 is 5.73 Å². The number of aryl methyl sites for hydroxylation is 2. The van der Waals surface area contributed by atoms with Crippen molar-refractivity contribution in [3.63, 3.8) is 0 Å². The van der Waals surface area contributed by atoms with Gasteiger partial charge in [-0.2, -0.15) is 0 Å². The molecule has 18 heavy (non-hydrogen) atoms. The molecular formula is C16H20N2. The number of nitrogens with two attached hydrogens (primary N) is 1. The summed E-state index contributed by atoms with van der Waals surface area (Å²) in [6, 6.07) is 10.5. The van der Waals surface area contributed by atoms with Gasteiger partial charge in [0.05, 0.1) is 0 Å². The molecule has 1 heterocycles. The summed E-state index contributed by atoms with van der Waals surface area (Å²) in [5, 5.41) is 0. The quantitative estimate of drug-likeness (QED) is 0.895. The molecule has 0 aliphatic heterocycles. The number of nitrogens with zero attached hydrogens (tertiary/aromatic N) is 1. The van der Waals surface area contributed by atoms with Crippen LogP contribution >= 0.6 is 0 Å². The van der Waals surface area contributed by atoms with Crippen LogP contribution in [0.25, 0.3) is 0 Å². The Morgan fingerprint density at radius 1 is 1.22 bits per heavy atom. The van der Waals surface area contributed by atoms with Gasteiger partial charge in [0.25, 0.3) is 0 Å².